The summed E-state index contributed by atoms with van der Waals surface area (Å²) in [7, 11) is -8.82. The number of hydrogen-bond donors (Lipinski definition) is 3. The monoisotopic (exact) mass is 589 g/mol. The summed E-state index contributed by atoms with van der Waals surface area (Å²) in [5.74, 6) is 0. The van der Waals surface area contributed by atoms with Gasteiger partial charge in [-0.3, -0.25) is 9.11 Å². The van der Waals surface area contributed by atoms with Crippen LogP contribution in [0.25, 0.3) is 21.5 Å². The average molecular weight is 590 g/mol. The van der Waals surface area contributed by atoms with E-state index in [4.69, 9.17) is 5.73 Å². The van der Waals surface area contributed by atoms with Crippen LogP contribution in [0.2, 0.25) is 0 Å². The van der Waals surface area contributed by atoms with Gasteiger partial charge in [-0.15, -0.1) is 10.2 Å². The molecule has 0 aliphatic heterocycles. The highest BCUT2D eigenvalue weighted by Gasteiger charge is 2.14. The molecule has 4 N–H and O–H groups in total. The van der Waals surface area contributed by atoms with E-state index in [9.17, 15) is 25.9 Å². The molecule has 41 heavy (non-hydrogen) atoms. The Morgan fingerprint density at radius 3 is 1.83 bits per heavy atom. The van der Waals surface area contributed by atoms with Gasteiger partial charge in [-0.2, -0.15) is 27.1 Å². The van der Waals surface area contributed by atoms with E-state index in [1.807, 2.05) is 13.8 Å². The highest BCUT2D eigenvalue weighted by Crippen LogP contribution is 2.37. The molecule has 0 radical (unpaired) electrons. The van der Waals surface area contributed by atoms with Crippen molar-refractivity contribution in [3.8, 4) is 0 Å². The van der Waals surface area contributed by atoms with Crippen molar-refractivity contribution in [2.24, 2.45) is 20.5 Å². The predicted octanol–water partition coefficient (Wildman–Crippen LogP) is 7.52. The van der Waals surface area contributed by atoms with Crippen LogP contribution in [-0.4, -0.2) is 25.9 Å². The smallest absolute Gasteiger partial charge is 0.294 e. The molecule has 0 aromatic heterocycles. The molecule has 0 saturated carbocycles. The number of nitrogens with zero attached hydrogens (tertiary/aromatic N) is 4. The molecule has 0 unspecified atom stereocenters. The highest BCUT2D eigenvalue weighted by atomic mass is 32.2. The molecule has 0 spiro atoms. The van der Waals surface area contributed by atoms with Crippen LogP contribution in [0, 0.1) is 13.8 Å². The molecule has 5 rings (SSSR count). The van der Waals surface area contributed by atoms with Gasteiger partial charge < -0.3 is 5.73 Å². The Balaban J connectivity index is 1.56. The van der Waals surface area contributed by atoms with Gasteiger partial charge in [0.1, 0.15) is 0 Å². The second-order valence-electron chi connectivity index (χ2n) is 9.35. The third-order valence-corrected chi connectivity index (χ3v) is 8.16. The van der Waals surface area contributed by atoms with E-state index in [1.165, 1.54) is 30.3 Å². The predicted molar refractivity (Wildman–Crippen MR) is 156 cm³/mol. The first-order valence-electron chi connectivity index (χ1n) is 12.1. The number of aryl methyl sites for hydroxylation is 2. The van der Waals surface area contributed by atoms with Crippen molar-refractivity contribution >= 4 is 70.2 Å². The Bertz CT molecular complexity index is 2140. The minimum atomic E-state index is -4.49. The topological polar surface area (TPSA) is 184 Å². The van der Waals surface area contributed by atoms with E-state index in [2.05, 4.69) is 20.5 Å². The fourth-order valence-corrected chi connectivity index (χ4v) is 5.24. The maximum absolute atomic E-state index is 11.9. The standard InChI is InChI=1S/C28H23N5O6S2/c1-16-12-28(17(2)11-25(16)29)33-32-27-10-9-26(23-8-7-22(15-24(23)27)41(37,38)39)31-30-20-5-3-19-14-21(40(34,35)36)6-4-18(19)13-20/h3-15H,29H2,1-2H3,(H,34,35,36)(H,37,38,39). The quantitative estimate of drug-likeness (QED) is 0.104. The van der Waals surface area contributed by atoms with Gasteiger partial charge in [0.25, 0.3) is 20.2 Å². The molecule has 208 valence electrons. The lowest BCUT2D eigenvalue weighted by atomic mass is 10.1. The zero-order valence-electron chi connectivity index (χ0n) is 21.7. The third-order valence-electron chi connectivity index (χ3n) is 6.46. The van der Waals surface area contributed by atoms with Crippen molar-refractivity contribution in [3.63, 3.8) is 0 Å². The number of hydrogen-bond acceptors (Lipinski definition) is 9. The van der Waals surface area contributed by atoms with Crippen molar-refractivity contribution in [2.75, 3.05) is 5.73 Å². The van der Waals surface area contributed by atoms with E-state index in [-0.39, 0.29) is 9.79 Å². The molecule has 5 aromatic carbocycles. The molecular weight excluding hydrogens is 566 g/mol. The van der Waals surface area contributed by atoms with Gasteiger partial charge in [-0.1, -0.05) is 18.2 Å². The Kier molecular flexibility index (Phi) is 7.13. The summed E-state index contributed by atoms with van der Waals surface area (Å²) in [6.45, 7) is 3.70. The summed E-state index contributed by atoms with van der Waals surface area (Å²) in [6.07, 6.45) is 0. The maximum atomic E-state index is 11.9. The van der Waals surface area contributed by atoms with E-state index in [1.54, 1.807) is 48.5 Å². The van der Waals surface area contributed by atoms with Crippen LogP contribution in [0.5, 0.6) is 0 Å². The third kappa shape index (κ3) is 5.98. The molecule has 5 aromatic rings. The van der Waals surface area contributed by atoms with Crippen molar-refractivity contribution < 1.29 is 25.9 Å². The average Bonchev–Trinajstić information content (AvgIpc) is 2.91. The van der Waals surface area contributed by atoms with Gasteiger partial charge in [0.05, 0.1) is 32.5 Å². The molecule has 0 fully saturated rings. The second kappa shape index (κ2) is 10.4. The van der Waals surface area contributed by atoms with Gasteiger partial charge in [-0.25, -0.2) is 0 Å². The molecule has 0 amide bonds. The molecule has 0 saturated heterocycles. The number of azo groups is 2. The Morgan fingerprint density at radius 1 is 0.561 bits per heavy atom. The Morgan fingerprint density at radius 2 is 1.12 bits per heavy atom. The highest BCUT2D eigenvalue weighted by molar-refractivity contribution is 7.86. The lowest BCUT2D eigenvalue weighted by Crippen LogP contribution is -1.97. The Labute approximate surface area is 235 Å². The first-order chi connectivity index (χ1) is 19.3. The van der Waals surface area contributed by atoms with Crippen LogP contribution in [0.1, 0.15) is 11.1 Å². The molecular formula is C28H23N5O6S2. The van der Waals surface area contributed by atoms with E-state index >= 15 is 0 Å². The summed E-state index contributed by atoms with van der Waals surface area (Å²) < 4.78 is 65.5. The fraction of sp³-hybridized carbons (Fsp3) is 0.0714. The minimum Gasteiger partial charge on any atom is -0.399 e. The number of nitrogens with two attached hydrogens (primary N) is 1. The minimum absolute atomic E-state index is 0.214. The number of nitrogen functional groups attached to an aromatic ring is 1. The molecule has 0 aliphatic rings. The largest absolute Gasteiger partial charge is 0.399 e. The van der Waals surface area contributed by atoms with Crippen LogP contribution in [0.4, 0.5) is 28.4 Å². The summed E-state index contributed by atoms with van der Waals surface area (Å²) in [5.41, 5.74) is 10.1. The van der Waals surface area contributed by atoms with Crippen LogP contribution in [-0.2, 0) is 20.2 Å². The molecule has 0 atom stereocenters. The van der Waals surface area contributed by atoms with Gasteiger partial charge >= 0.3 is 0 Å². The van der Waals surface area contributed by atoms with E-state index in [0.717, 1.165) is 11.1 Å². The number of benzene rings is 5. The van der Waals surface area contributed by atoms with Crippen molar-refractivity contribution in [3.05, 3.63) is 90.0 Å². The van der Waals surface area contributed by atoms with Crippen LogP contribution in [0.15, 0.2) is 109 Å². The summed E-state index contributed by atoms with van der Waals surface area (Å²) >= 11 is 0. The molecule has 0 heterocycles. The number of anilines is 1. The van der Waals surface area contributed by atoms with Crippen molar-refractivity contribution in [1.29, 1.82) is 0 Å². The van der Waals surface area contributed by atoms with E-state index in [0.29, 0.717) is 50.0 Å². The van der Waals surface area contributed by atoms with Crippen molar-refractivity contribution in [2.45, 2.75) is 23.6 Å². The van der Waals surface area contributed by atoms with Gasteiger partial charge in [0.2, 0.25) is 0 Å². The lowest BCUT2D eigenvalue weighted by Gasteiger charge is -2.08. The zero-order valence-corrected chi connectivity index (χ0v) is 23.3. The first kappa shape index (κ1) is 28.0. The summed E-state index contributed by atoms with van der Waals surface area (Å²) in [5, 5.41) is 19.5. The second-order valence-corrected chi connectivity index (χ2v) is 12.2. The normalized spacial score (nSPS) is 12.7. The fourth-order valence-electron chi connectivity index (χ4n) is 4.22. The Hall–Kier alpha value is -4.56. The van der Waals surface area contributed by atoms with Crippen LogP contribution in [0.3, 0.4) is 0 Å². The molecule has 0 bridgehead atoms. The van der Waals surface area contributed by atoms with Crippen molar-refractivity contribution in [1.82, 2.24) is 0 Å². The van der Waals surface area contributed by atoms with Crippen LogP contribution >= 0.6 is 0 Å². The summed E-state index contributed by atoms with van der Waals surface area (Å²) in [6, 6.07) is 20.1. The molecule has 13 heteroatoms. The molecule has 11 nitrogen and oxygen atoms in total. The van der Waals surface area contributed by atoms with Crippen LogP contribution < -0.4 is 5.73 Å². The zero-order chi connectivity index (χ0) is 29.5. The summed E-state index contributed by atoms with van der Waals surface area (Å²) in [4.78, 5) is -0.525. The molecule has 0 aliphatic carbocycles. The SMILES string of the molecule is Cc1cc(N=Nc2ccc(N=Nc3ccc4cc(S(=O)(=O)O)ccc4c3)c3ccc(S(=O)(=O)O)cc23)c(C)cc1N. The first-order valence-corrected chi connectivity index (χ1v) is 14.9. The van der Waals surface area contributed by atoms with E-state index < -0.39 is 20.2 Å². The number of rotatable bonds is 6. The maximum Gasteiger partial charge on any atom is 0.294 e. The van der Waals surface area contributed by atoms with Gasteiger partial charge in [0.15, 0.2) is 0 Å². The van der Waals surface area contributed by atoms with Gasteiger partial charge in [-0.05, 0) is 96.4 Å². The lowest BCUT2D eigenvalue weighted by molar-refractivity contribution is 0.481. The van der Waals surface area contributed by atoms with Gasteiger partial charge in [0, 0.05) is 16.5 Å². The number of fused-ring (bicyclic) bond motifs is 2.